The molecule has 118 valence electrons. The Bertz CT molecular complexity index is 942. The lowest BCUT2D eigenvalue weighted by Gasteiger charge is -2.08. The normalized spacial score (nSPS) is 12.0. The highest BCUT2D eigenvalue weighted by Crippen LogP contribution is 2.31. The fraction of sp³-hybridized carbons (Fsp3) is 0.118. The second-order valence-corrected chi connectivity index (χ2v) is 8.72. The predicted molar refractivity (Wildman–Crippen MR) is 98.5 cm³/mol. The van der Waals surface area contributed by atoms with Crippen LogP contribution < -0.4 is 0 Å². The molecule has 0 aliphatic rings. The molecule has 23 heavy (non-hydrogen) atoms. The van der Waals surface area contributed by atoms with Gasteiger partial charge in [0.05, 0.1) is 4.90 Å². The van der Waals surface area contributed by atoms with Crippen molar-refractivity contribution in [3.8, 4) is 6.07 Å². The lowest BCUT2D eigenvalue weighted by molar-refractivity contribution is 0.603. The van der Waals surface area contributed by atoms with E-state index in [0.717, 1.165) is 16.7 Å². The number of aryl methyl sites for hydroxylation is 2. The van der Waals surface area contributed by atoms with E-state index in [0.29, 0.717) is 8.95 Å². The number of nitrogens with zero attached hydrogens (tertiary/aromatic N) is 1. The van der Waals surface area contributed by atoms with Crippen molar-refractivity contribution in [3.63, 3.8) is 0 Å². The number of halogens is 2. The summed E-state index contributed by atoms with van der Waals surface area (Å²) in [6.07, 6.45) is 1.42. The van der Waals surface area contributed by atoms with E-state index >= 15 is 0 Å². The van der Waals surface area contributed by atoms with Gasteiger partial charge < -0.3 is 0 Å². The van der Waals surface area contributed by atoms with Crippen LogP contribution in [0.3, 0.4) is 0 Å². The van der Waals surface area contributed by atoms with E-state index in [-0.39, 0.29) is 9.80 Å². The summed E-state index contributed by atoms with van der Waals surface area (Å²) in [6, 6.07) is 12.4. The lowest BCUT2D eigenvalue weighted by atomic mass is 10.1. The van der Waals surface area contributed by atoms with Gasteiger partial charge in [0.1, 0.15) is 11.0 Å². The monoisotopic (exact) mass is 453 g/mol. The molecule has 0 radical (unpaired) electrons. The molecule has 0 atom stereocenters. The molecule has 2 rings (SSSR count). The highest BCUT2D eigenvalue weighted by atomic mass is 79.9. The fourth-order valence-corrected chi connectivity index (χ4v) is 4.67. The Kier molecular flexibility index (Phi) is 5.45. The van der Waals surface area contributed by atoms with Crippen LogP contribution in [0.1, 0.15) is 16.7 Å². The van der Waals surface area contributed by atoms with Gasteiger partial charge in [0.25, 0.3) is 0 Å². The largest absolute Gasteiger partial charge is 0.218 e. The van der Waals surface area contributed by atoms with Gasteiger partial charge >= 0.3 is 0 Å². The minimum absolute atomic E-state index is 0.0602. The first-order valence-electron chi connectivity index (χ1n) is 6.65. The maximum atomic E-state index is 12.8. The molecule has 0 unspecified atom stereocenters. The van der Waals surface area contributed by atoms with Crippen LogP contribution in [-0.2, 0) is 9.84 Å². The zero-order valence-electron chi connectivity index (χ0n) is 12.5. The topological polar surface area (TPSA) is 57.9 Å². The fourth-order valence-electron chi connectivity index (χ4n) is 2.03. The Morgan fingerprint density at radius 3 is 2.48 bits per heavy atom. The maximum Gasteiger partial charge on any atom is 0.217 e. The smallest absolute Gasteiger partial charge is 0.217 e. The first-order valence-corrected chi connectivity index (χ1v) is 9.72. The van der Waals surface area contributed by atoms with Crippen LogP contribution in [0.4, 0.5) is 0 Å². The zero-order valence-corrected chi connectivity index (χ0v) is 16.5. The Balaban J connectivity index is 2.65. The van der Waals surface area contributed by atoms with Crippen LogP contribution in [-0.4, -0.2) is 8.42 Å². The van der Waals surface area contributed by atoms with Crippen molar-refractivity contribution in [1.29, 1.82) is 5.26 Å². The molecular formula is C17H13Br2NO2S. The Morgan fingerprint density at radius 2 is 1.83 bits per heavy atom. The number of hydrogen-bond acceptors (Lipinski definition) is 3. The number of sulfone groups is 1. The van der Waals surface area contributed by atoms with Gasteiger partial charge in [0.15, 0.2) is 0 Å². The lowest BCUT2D eigenvalue weighted by Crippen LogP contribution is -2.05. The van der Waals surface area contributed by atoms with Gasteiger partial charge in [-0.05, 0) is 65.2 Å². The third-order valence-corrected chi connectivity index (χ3v) is 6.46. The van der Waals surface area contributed by atoms with Gasteiger partial charge in [0.2, 0.25) is 9.84 Å². The molecule has 0 saturated heterocycles. The molecule has 2 aromatic rings. The van der Waals surface area contributed by atoms with E-state index < -0.39 is 9.84 Å². The average Bonchev–Trinajstić information content (AvgIpc) is 2.50. The summed E-state index contributed by atoms with van der Waals surface area (Å²) in [5.74, 6) is 0. The first kappa shape index (κ1) is 17.9. The van der Waals surface area contributed by atoms with Crippen LogP contribution in [0.5, 0.6) is 0 Å². The summed E-state index contributed by atoms with van der Waals surface area (Å²) in [4.78, 5) is -0.227. The molecule has 0 aliphatic carbocycles. The molecular weight excluding hydrogens is 442 g/mol. The molecule has 0 amide bonds. The summed E-state index contributed by atoms with van der Waals surface area (Å²) in [5.41, 5.74) is 2.63. The highest BCUT2D eigenvalue weighted by molar-refractivity contribution is 9.11. The van der Waals surface area contributed by atoms with Gasteiger partial charge in [0, 0.05) is 8.95 Å². The third kappa shape index (κ3) is 3.92. The van der Waals surface area contributed by atoms with Crippen LogP contribution >= 0.6 is 31.9 Å². The second-order valence-electron chi connectivity index (χ2n) is 5.06. The Labute approximate surface area is 152 Å². The van der Waals surface area contributed by atoms with Crippen molar-refractivity contribution in [2.24, 2.45) is 0 Å². The van der Waals surface area contributed by atoms with E-state index in [1.54, 1.807) is 12.1 Å². The third-order valence-electron chi connectivity index (χ3n) is 3.30. The number of hydrogen-bond donors (Lipinski definition) is 0. The molecule has 0 saturated carbocycles. The molecule has 3 nitrogen and oxygen atoms in total. The maximum absolute atomic E-state index is 12.8. The average molecular weight is 455 g/mol. The van der Waals surface area contributed by atoms with Crippen molar-refractivity contribution in [2.45, 2.75) is 18.7 Å². The molecule has 0 fully saturated rings. The molecule has 2 aromatic carbocycles. The second kappa shape index (κ2) is 7.00. The van der Waals surface area contributed by atoms with Gasteiger partial charge in [-0.25, -0.2) is 8.42 Å². The van der Waals surface area contributed by atoms with Crippen LogP contribution in [0.2, 0.25) is 0 Å². The standard InChI is InChI=1S/C17H13Br2NO2S/c1-11-3-4-12(2)13(7-11)8-15(10-20)23(21,22)17-9-14(18)5-6-16(17)19/h3-9H,1-2H3/b15-8+. The SMILES string of the molecule is Cc1ccc(C)c(/C=C(\C#N)S(=O)(=O)c2cc(Br)ccc2Br)c1. The summed E-state index contributed by atoms with van der Waals surface area (Å²) >= 11 is 6.50. The van der Waals surface area contributed by atoms with Crippen LogP contribution in [0.25, 0.3) is 6.08 Å². The molecule has 0 N–H and O–H groups in total. The summed E-state index contributed by atoms with van der Waals surface area (Å²) in [5, 5.41) is 9.38. The predicted octanol–water partition coefficient (Wildman–Crippen LogP) is 5.17. The molecule has 0 spiro atoms. The summed E-state index contributed by atoms with van der Waals surface area (Å²) in [6.45, 7) is 3.80. The molecule has 0 heterocycles. The molecule has 0 aliphatic heterocycles. The van der Waals surface area contributed by atoms with E-state index in [4.69, 9.17) is 0 Å². The number of allylic oxidation sites excluding steroid dienone is 1. The van der Waals surface area contributed by atoms with Crippen molar-refractivity contribution >= 4 is 47.8 Å². The molecule has 6 heteroatoms. The van der Waals surface area contributed by atoms with E-state index in [1.165, 1.54) is 12.1 Å². The summed E-state index contributed by atoms with van der Waals surface area (Å²) < 4.78 is 26.6. The van der Waals surface area contributed by atoms with Gasteiger partial charge in [-0.3, -0.25) is 0 Å². The number of rotatable bonds is 3. The zero-order chi connectivity index (χ0) is 17.2. The quantitative estimate of drug-likeness (QED) is 0.601. The molecule has 0 aromatic heterocycles. The van der Waals surface area contributed by atoms with Crippen molar-refractivity contribution < 1.29 is 8.42 Å². The minimum atomic E-state index is -3.91. The van der Waals surface area contributed by atoms with Crippen LogP contribution in [0.15, 0.2) is 55.1 Å². The van der Waals surface area contributed by atoms with Gasteiger partial charge in [-0.2, -0.15) is 5.26 Å². The highest BCUT2D eigenvalue weighted by Gasteiger charge is 2.24. The molecule has 0 bridgehead atoms. The Morgan fingerprint density at radius 1 is 1.13 bits per heavy atom. The van der Waals surface area contributed by atoms with Crippen molar-refractivity contribution in [2.75, 3.05) is 0 Å². The van der Waals surface area contributed by atoms with Crippen LogP contribution in [0, 0.1) is 25.2 Å². The van der Waals surface area contributed by atoms with Gasteiger partial charge in [-0.1, -0.05) is 39.7 Å². The van der Waals surface area contributed by atoms with E-state index in [2.05, 4.69) is 31.9 Å². The van der Waals surface area contributed by atoms with Crippen molar-refractivity contribution in [1.82, 2.24) is 0 Å². The number of nitriles is 1. The van der Waals surface area contributed by atoms with Crippen molar-refractivity contribution in [3.05, 3.63) is 66.9 Å². The summed E-state index contributed by atoms with van der Waals surface area (Å²) in [7, 11) is -3.91. The van der Waals surface area contributed by atoms with E-state index in [9.17, 15) is 13.7 Å². The minimum Gasteiger partial charge on any atom is -0.218 e. The van der Waals surface area contributed by atoms with E-state index in [1.807, 2.05) is 38.1 Å². The first-order chi connectivity index (χ1) is 10.8. The Hall–Kier alpha value is -1.42. The van der Waals surface area contributed by atoms with Gasteiger partial charge in [-0.15, -0.1) is 0 Å². The number of benzene rings is 2.